The number of amides is 1. The molecule has 140 valence electrons. The number of nitrogens with two attached hydrogens (primary N) is 1. The standard InChI is InChI=1S/C21H22N2O4/c1-27-18-13-23(17-9-4-15(12-22)5-10-17)21(26)20(18)16-7-2-14(3-8-16)6-11-19(24)25/h2-5,7-10H,6,11-13,22H2,1H3,(H,24,25). The Kier molecular flexibility index (Phi) is 5.57. The molecule has 2 aromatic rings. The maximum absolute atomic E-state index is 13.0. The molecule has 0 bridgehead atoms. The normalized spacial score (nSPS) is 14.0. The van der Waals surface area contributed by atoms with Gasteiger partial charge in [-0.1, -0.05) is 36.4 Å². The predicted octanol–water partition coefficient (Wildman–Crippen LogP) is 2.57. The van der Waals surface area contributed by atoms with E-state index in [-0.39, 0.29) is 12.3 Å². The number of hydrogen-bond acceptors (Lipinski definition) is 4. The van der Waals surface area contributed by atoms with Gasteiger partial charge in [0, 0.05) is 18.7 Å². The van der Waals surface area contributed by atoms with Crippen molar-refractivity contribution in [2.75, 3.05) is 18.6 Å². The minimum absolute atomic E-state index is 0.0802. The molecule has 0 atom stereocenters. The van der Waals surface area contributed by atoms with Gasteiger partial charge in [-0.3, -0.25) is 9.59 Å². The number of aryl methyl sites for hydroxylation is 1. The summed E-state index contributed by atoms with van der Waals surface area (Å²) in [5.41, 5.74) is 9.64. The molecule has 27 heavy (non-hydrogen) atoms. The summed E-state index contributed by atoms with van der Waals surface area (Å²) in [7, 11) is 1.56. The molecule has 0 spiro atoms. The highest BCUT2D eigenvalue weighted by atomic mass is 16.5. The minimum atomic E-state index is -0.828. The van der Waals surface area contributed by atoms with Crippen molar-refractivity contribution in [2.45, 2.75) is 19.4 Å². The fourth-order valence-corrected chi connectivity index (χ4v) is 3.11. The Morgan fingerprint density at radius 1 is 1.11 bits per heavy atom. The molecule has 3 N–H and O–H groups in total. The average Bonchev–Trinajstić information content (AvgIpc) is 3.03. The van der Waals surface area contributed by atoms with Crippen molar-refractivity contribution < 1.29 is 19.4 Å². The Labute approximate surface area is 157 Å². The number of methoxy groups -OCH3 is 1. The average molecular weight is 366 g/mol. The molecule has 0 unspecified atom stereocenters. The zero-order valence-corrected chi connectivity index (χ0v) is 15.1. The zero-order valence-electron chi connectivity index (χ0n) is 15.1. The Morgan fingerprint density at radius 3 is 2.30 bits per heavy atom. The topological polar surface area (TPSA) is 92.9 Å². The summed E-state index contributed by atoms with van der Waals surface area (Å²) in [6.07, 6.45) is 0.538. The molecule has 0 aliphatic carbocycles. The lowest BCUT2D eigenvalue weighted by Crippen LogP contribution is -2.26. The molecule has 6 heteroatoms. The van der Waals surface area contributed by atoms with Crippen LogP contribution in [-0.2, 0) is 27.3 Å². The van der Waals surface area contributed by atoms with Crippen molar-refractivity contribution in [3.63, 3.8) is 0 Å². The molecule has 0 radical (unpaired) electrons. The first-order valence-electron chi connectivity index (χ1n) is 8.72. The third kappa shape index (κ3) is 4.01. The van der Waals surface area contributed by atoms with Gasteiger partial charge in [-0.25, -0.2) is 0 Å². The Morgan fingerprint density at radius 2 is 1.74 bits per heavy atom. The van der Waals surface area contributed by atoms with Crippen LogP contribution in [-0.4, -0.2) is 30.6 Å². The molecule has 1 heterocycles. The number of carboxylic acids is 1. The lowest BCUT2D eigenvalue weighted by Gasteiger charge is -2.17. The van der Waals surface area contributed by atoms with Crippen molar-refractivity contribution in [3.05, 3.63) is 71.0 Å². The van der Waals surface area contributed by atoms with E-state index in [4.69, 9.17) is 15.6 Å². The fraction of sp³-hybridized carbons (Fsp3) is 0.238. The van der Waals surface area contributed by atoms with Gasteiger partial charge in [0.25, 0.3) is 5.91 Å². The smallest absolute Gasteiger partial charge is 0.303 e. The van der Waals surface area contributed by atoms with E-state index in [0.29, 0.717) is 30.8 Å². The number of rotatable bonds is 7. The number of aliphatic carboxylic acids is 1. The van der Waals surface area contributed by atoms with Crippen LogP contribution in [0.3, 0.4) is 0 Å². The number of carbonyl (C=O) groups excluding carboxylic acids is 1. The molecule has 1 amide bonds. The molecule has 0 saturated carbocycles. The quantitative estimate of drug-likeness (QED) is 0.786. The Bertz CT molecular complexity index is 870. The number of anilines is 1. The zero-order chi connectivity index (χ0) is 19.4. The van der Waals surface area contributed by atoms with Crippen molar-refractivity contribution in [2.24, 2.45) is 5.73 Å². The lowest BCUT2D eigenvalue weighted by atomic mass is 10.0. The number of carboxylic acid groups (broad SMARTS) is 1. The summed E-state index contributed by atoms with van der Waals surface area (Å²) in [5.74, 6) is -0.336. The summed E-state index contributed by atoms with van der Waals surface area (Å²) >= 11 is 0. The second kappa shape index (κ2) is 8.05. The number of carbonyl (C=O) groups is 2. The predicted molar refractivity (Wildman–Crippen MR) is 103 cm³/mol. The second-order valence-electron chi connectivity index (χ2n) is 6.35. The summed E-state index contributed by atoms with van der Waals surface area (Å²) < 4.78 is 5.47. The van der Waals surface area contributed by atoms with Gasteiger partial charge in [0.05, 0.1) is 19.2 Å². The molecule has 1 aliphatic rings. The molecular weight excluding hydrogens is 344 g/mol. The number of ether oxygens (including phenoxy) is 1. The van der Waals surface area contributed by atoms with E-state index in [9.17, 15) is 9.59 Å². The van der Waals surface area contributed by atoms with E-state index in [1.807, 2.05) is 48.5 Å². The van der Waals surface area contributed by atoms with Crippen LogP contribution in [0.5, 0.6) is 0 Å². The molecule has 6 nitrogen and oxygen atoms in total. The highest BCUT2D eigenvalue weighted by molar-refractivity contribution is 6.29. The largest absolute Gasteiger partial charge is 0.498 e. The van der Waals surface area contributed by atoms with E-state index in [2.05, 4.69) is 0 Å². The van der Waals surface area contributed by atoms with Crippen LogP contribution in [0.25, 0.3) is 5.57 Å². The van der Waals surface area contributed by atoms with Gasteiger partial charge in [-0.05, 0) is 35.2 Å². The van der Waals surface area contributed by atoms with Crippen molar-refractivity contribution in [1.29, 1.82) is 0 Å². The monoisotopic (exact) mass is 366 g/mol. The molecule has 3 rings (SSSR count). The van der Waals surface area contributed by atoms with Gasteiger partial charge in [0.2, 0.25) is 0 Å². The van der Waals surface area contributed by atoms with Gasteiger partial charge >= 0.3 is 5.97 Å². The summed E-state index contributed by atoms with van der Waals surface area (Å²) in [6, 6.07) is 15.0. The molecular formula is C21H22N2O4. The number of nitrogens with zero attached hydrogens (tertiary/aromatic N) is 1. The first kappa shape index (κ1) is 18.7. The van der Waals surface area contributed by atoms with Crippen molar-refractivity contribution in [1.82, 2.24) is 0 Å². The van der Waals surface area contributed by atoms with Crippen LogP contribution in [0.2, 0.25) is 0 Å². The van der Waals surface area contributed by atoms with E-state index < -0.39 is 5.97 Å². The summed E-state index contributed by atoms with van der Waals surface area (Å²) in [4.78, 5) is 25.4. The van der Waals surface area contributed by atoms with Gasteiger partial charge in [0.1, 0.15) is 5.76 Å². The first-order valence-corrected chi connectivity index (χ1v) is 8.72. The maximum atomic E-state index is 13.0. The van der Waals surface area contributed by atoms with E-state index in [0.717, 1.165) is 22.4 Å². The number of hydrogen-bond donors (Lipinski definition) is 2. The van der Waals surface area contributed by atoms with E-state index in [1.54, 1.807) is 12.0 Å². The highest BCUT2D eigenvalue weighted by Crippen LogP contribution is 2.32. The highest BCUT2D eigenvalue weighted by Gasteiger charge is 2.33. The van der Waals surface area contributed by atoms with Gasteiger partial charge < -0.3 is 20.5 Å². The van der Waals surface area contributed by atoms with Gasteiger partial charge in [-0.15, -0.1) is 0 Å². The van der Waals surface area contributed by atoms with Crippen LogP contribution in [0.1, 0.15) is 23.1 Å². The van der Waals surface area contributed by atoms with Crippen LogP contribution < -0.4 is 10.6 Å². The second-order valence-corrected chi connectivity index (χ2v) is 6.35. The lowest BCUT2D eigenvalue weighted by molar-refractivity contribution is -0.137. The van der Waals surface area contributed by atoms with Crippen molar-refractivity contribution in [3.8, 4) is 0 Å². The van der Waals surface area contributed by atoms with Gasteiger partial charge in [0.15, 0.2) is 0 Å². The fourth-order valence-electron chi connectivity index (χ4n) is 3.11. The van der Waals surface area contributed by atoms with Gasteiger partial charge in [-0.2, -0.15) is 0 Å². The number of benzene rings is 2. The molecule has 0 saturated heterocycles. The van der Waals surface area contributed by atoms with Crippen LogP contribution in [0.4, 0.5) is 5.69 Å². The van der Waals surface area contributed by atoms with Crippen molar-refractivity contribution >= 4 is 23.1 Å². The molecule has 2 aromatic carbocycles. The molecule has 0 aromatic heterocycles. The van der Waals surface area contributed by atoms with Crippen LogP contribution in [0.15, 0.2) is 54.3 Å². The third-order valence-corrected chi connectivity index (χ3v) is 4.64. The first-order chi connectivity index (χ1) is 13.0. The van der Waals surface area contributed by atoms with Crippen LogP contribution >= 0.6 is 0 Å². The third-order valence-electron chi connectivity index (χ3n) is 4.64. The minimum Gasteiger partial charge on any atom is -0.498 e. The summed E-state index contributed by atoms with van der Waals surface area (Å²) in [5, 5.41) is 8.79. The molecule has 1 aliphatic heterocycles. The SMILES string of the molecule is COC1=C(c2ccc(CCC(=O)O)cc2)C(=O)N(c2ccc(CN)cc2)C1. The molecule has 0 fully saturated rings. The van der Waals surface area contributed by atoms with E-state index >= 15 is 0 Å². The van der Waals surface area contributed by atoms with E-state index in [1.165, 1.54) is 0 Å². The maximum Gasteiger partial charge on any atom is 0.303 e. The van der Waals surface area contributed by atoms with Crippen LogP contribution in [0, 0.1) is 0 Å². The Balaban J connectivity index is 1.83. The Hall–Kier alpha value is -3.12. The summed E-state index contributed by atoms with van der Waals surface area (Å²) in [6.45, 7) is 0.822.